The van der Waals surface area contributed by atoms with Gasteiger partial charge in [0, 0.05) is 55.1 Å². The maximum absolute atomic E-state index is 12.8. The third kappa shape index (κ3) is 3.83. The van der Waals surface area contributed by atoms with E-state index in [0.717, 1.165) is 37.6 Å². The lowest BCUT2D eigenvalue weighted by atomic mass is 10.1. The van der Waals surface area contributed by atoms with Crippen LogP contribution in [0.15, 0.2) is 51.9 Å². The Labute approximate surface area is 173 Å². The van der Waals surface area contributed by atoms with E-state index < -0.39 is 0 Å². The Morgan fingerprint density at radius 2 is 1.89 bits per heavy atom. The Kier molecular flexibility index (Phi) is 5.49. The first kappa shape index (κ1) is 19.1. The van der Waals surface area contributed by atoms with E-state index in [1.165, 1.54) is 6.26 Å². The highest BCUT2D eigenvalue weighted by Gasteiger charge is 2.20. The van der Waals surface area contributed by atoms with Crippen LogP contribution in [0.2, 0.25) is 10.0 Å². The van der Waals surface area contributed by atoms with Crippen molar-refractivity contribution >= 4 is 39.9 Å². The molecule has 0 saturated carbocycles. The van der Waals surface area contributed by atoms with E-state index in [4.69, 9.17) is 32.4 Å². The number of benzene rings is 2. The summed E-state index contributed by atoms with van der Waals surface area (Å²) < 4.78 is 10.9. The smallest absolute Gasteiger partial charge is 0.197 e. The van der Waals surface area contributed by atoms with Gasteiger partial charge in [0.05, 0.1) is 23.8 Å². The average molecular weight is 419 g/mol. The number of fused-ring (bicyclic) bond motifs is 1. The van der Waals surface area contributed by atoms with E-state index in [0.29, 0.717) is 33.1 Å². The molecule has 1 aliphatic heterocycles. The number of methoxy groups -OCH3 is 1. The molecule has 2 aromatic carbocycles. The molecule has 146 valence electrons. The van der Waals surface area contributed by atoms with Crippen LogP contribution in [-0.4, -0.2) is 38.2 Å². The summed E-state index contributed by atoms with van der Waals surface area (Å²) in [6, 6.07) is 11.3. The highest BCUT2D eigenvalue weighted by molar-refractivity contribution is 6.38. The Balaban J connectivity index is 1.48. The zero-order valence-electron chi connectivity index (χ0n) is 15.5. The van der Waals surface area contributed by atoms with Gasteiger partial charge < -0.3 is 14.1 Å². The van der Waals surface area contributed by atoms with Crippen LogP contribution in [-0.2, 0) is 6.54 Å². The second kappa shape index (κ2) is 8.03. The van der Waals surface area contributed by atoms with Gasteiger partial charge in [0.15, 0.2) is 11.0 Å². The van der Waals surface area contributed by atoms with Gasteiger partial charge in [0.2, 0.25) is 0 Å². The van der Waals surface area contributed by atoms with E-state index in [1.54, 1.807) is 19.2 Å². The monoisotopic (exact) mass is 418 g/mol. The molecule has 1 aliphatic rings. The molecule has 4 rings (SSSR count). The van der Waals surface area contributed by atoms with Crippen molar-refractivity contribution in [2.24, 2.45) is 0 Å². The first-order valence-electron chi connectivity index (χ1n) is 9.06. The SMILES string of the molecule is COc1cccc(N2CCN(Cc3coc4c(Cl)cc(Cl)cc4c3=O)CC2)c1. The standard InChI is InChI=1S/C21H20Cl2N2O3/c1-27-17-4-2-3-16(11-17)25-7-5-24(6-8-25)12-14-13-28-21-18(20(14)26)9-15(22)10-19(21)23/h2-4,9-11,13H,5-8,12H2,1H3. The number of piperazine rings is 1. The summed E-state index contributed by atoms with van der Waals surface area (Å²) in [5.74, 6) is 0.853. The molecule has 0 unspecified atom stereocenters. The largest absolute Gasteiger partial charge is 0.497 e. The number of nitrogens with zero attached hydrogens (tertiary/aromatic N) is 2. The van der Waals surface area contributed by atoms with Crippen LogP contribution in [0.25, 0.3) is 11.0 Å². The van der Waals surface area contributed by atoms with Gasteiger partial charge in [0.1, 0.15) is 5.75 Å². The third-order valence-electron chi connectivity index (χ3n) is 5.05. The first-order valence-corrected chi connectivity index (χ1v) is 9.81. The van der Waals surface area contributed by atoms with Gasteiger partial charge in [-0.05, 0) is 24.3 Å². The molecule has 1 fully saturated rings. The van der Waals surface area contributed by atoms with Gasteiger partial charge in [-0.2, -0.15) is 0 Å². The number of hydrogen-bond donors (Lipinski definition) is 0. The Hall–Kier alpha value is -2.21. The number of hydrogen-bond acceptors (Lipinski definition) is 5. The highest BCUT2D eigenvalue weighted by Crippen LogP contribution is 2.27. The molecule has 1 saturated heterocycles. The molecule has 1 aromatic heterocycles. The van der Waals surface area contributed by atoms with Crippen LogP contribution in [0.1, 0.15) is 5.56 Å². The lowest BCUT2D eigenvalue weighted by Gasteiger charge is -2.36. The van der Waals surface area contributed by atoms with Crippen molar-refractivity contribution in [2.45, 2.75) is 6.54 Å². The minimum atomic E-state index is -0.0825. The molecule has 0 bridgehead atoms. The quantitative estimate of drug-likeness (QED) is 0.626. The van der Waals surface area contributed by atoms with Gasteiger partial charge in [-0.1, -0.05) is 29.3 Å². The van der Waals surface area contributed by atoms with E-state index in [1.807, 2.05) is 18.2 Å². The van der Waals surface area contributed by atoms with Gasteiger partial charge in [0.25, 0.3) is 0 Å². The molecule has 7 heteroatoms. The fraction of sp³-hybridized carbons (Fsp3) is 0.286. The Bertz CT molecular complexity index is 1060. The third-order valence-corrected chi connectivity index (χ3v) is 5.55. The molecule has 2 heterocycles. The summed E-state index contributed by atoms with van der Waals surface area (Å²) in [7, 11) is 1.67. The second-order valence-electron chi connectivity index (χ2n) is 6.82. The average Bonchev–Trinajstić information content (AvgIpc) is 2.71. The zero-order valence-corrected chi connectivity index (χ0v) is 17.0. The van der Waals surface area contributed by atoms with Crippen molar-refractivity contribution in [2.75, 3.05) is 38.2 Å². The lowest BCUT2D eigenvalue weighted by molar-refractivity contribution is 0.247. The van der Waals surface area contributed by atoms with Crippen LogP contribution in [0.5, 0.6) is 5.75 Å². The minimum absolute atomic E-state index is 0.0825. The normalized spacial score (nSPS) is 15.2. The van der Waals surface area contributed by atoms with Gasteiger partial charge in [-0.25, -0.2) is 0 Å². The van der Waals surface area contributed by atoms with Crippen molar-refractivity contribution in [3.05, 3.63) is 68.5 Å². The molecule has 0 spiro atoms. The van der Waals surface area contributed by atoms with Crippen LogP contribution >= 0.6 is 23.2 Å². The number of rotatable bonds is 4. The van der Waals surface area contributed by atoms with Gasteiger partial charge >= 0.3 is 0 Å². The van der Waals surface area contributed by atoms with E-state index in [-0.39, 0.29) is 5.43 Å². The molecule has 5 nitrogen and oxygen atoms in total. The maximum Gasteiger partial charge on any atom is 0.197 e. The molecule has 0 aliphatic carbocycles. The molecule has 0 radical (unpaired) electrons. The molecular formula is C21H20Cl2N2O3. The van der Waals surface area contributed by atoms with Crippen molar-refractivity contribution in [3.8, 4) is 5.75 Å². The molecule has 28 heavy (non-hydrogen) atoms. The Morgan fingerprint density at radius 3 is 2.64 bits per heavy atom. The second-order valence-corrected chi connectivity index (χ2v) is 7.66. The summed E-state index contributed by atoms with van der Waals surface area (Å²) in [6.45, 7) is 4.00. The topological polar surface area (TPSA) is 45.9 Å². The zero-order chi connectivity index (χ0) is 19.7. The van der Waals surface area contributed by atoms with E-state index >= 15 is 0 Å². The van der Waals surface area contributed by atoms with Crippen molar-refractivity contribution in [1.82, 2.24) is 4.90 Å². The van der Waals surface area contributed by atoms with E-state index in [9.17, 15) is 4.79 Å². The first-order chi connectivity index (χ1) is 13.5. The summed E-state index contributed by atoms with van der Waals surface area (Å²) in [5, 5.41) is 1.19. The molecule has 3 aromatic rings. The summed E-state index contributed by atoms with van der Waals surface area (Å²) in [5.41, 5.74) is 2.05. The minimum Gasteiger partial charge on any atom is -0.497 e. The van der Waals surface area contributed by atoms with Crippen molar-refractivity contribution < 1.29 is 9.15 Å². The molecule has 0 amide bonds. The Morgan fingerprint density at radius 1 is 1.11 bits per heavy atom. The van der Waals surface area contributed by atoms with Crippen molar-refractivity contribution in [3.63, 3.8) is 0 Å². The van der Waals surface area contributed by atoms with Crippen LogP contribution in [0.3, 0.4) is 0 Å². The summed E-state index contributed by atoms with van der Waals surface area (Å²) >= 11 is 12.2. The number of anilines is 1. The number of ether oxygens (including phenoxy) is 1. The summed E-state index contributed by atoms with van der Waals surface area (Å²) in [4.78, 5) is 17.4. The maximum atomic E-state index is 12.8. The lowest BCUT2D eigenvalue weighted by Crippen LogP contribution is -2.46. The van der Waals surface area contributed by atoms with Gasteiger partial charge in [-0.15, -0.1) is 0 Å². The highest BCUT2D eigenvalue weighted by atomic mass is 35.5. The molecule has 0 atom stereocenters. The summed E-state index contributed by atoms with van der Waals surface area (Å²) in [6.07, 6.45) is 1.51. The molecular weight excluding hydrogens is 399 g/mol. The fourth-order valence-corrected chi connectivity index (χ4v) is 4.06. The van der Waals surface area contributed by atoms with Crippen LogP contribution < -0.4 is 15.1 Å². The van der Waals surface area contributed by atoms with Gasteiger partial charge in [-0.3, -0.25) is 9.69 Å². The van der Waals surface area contributed by atoms with E-state index in [2.05, 4.69) is 15.9 Å². The predicted molar refractivity (Wildman–Crippen MR) is 113 cm³/mol. The van der Waals surface area contributed by atoms with Crippen LogP contribution in [0.4, 0.5) is 5.69 Å². The van der Waals surface area contributed by atoms with Crippen LogP contribution in [0, 0.1) is 0 Å². The molecule has 0 N–H and O–H groups in total. The predicted octanol–water partition coefficient (Wildman–Crippen LogP) is 4.43. The number of halogens is 2. The van der Waals surface area contributed by atoms with Crippen molar-refractivity contribution in [1.29, 1.82) is 0 Å². The fourth-order valence-electron chi connectivity index (χ4n) is 3.53.